The van der Waals surface area contributed by atoms with E-state index >= 15 is 0 Å². The molecule has 0 spiro atoms. The van der Waals surface area contributed by atoms with Gasteiger partial charge in [-0.05, 0) is 71.6 Å². The second kappa shape index (κ2) is 11.1. The van der Waals surface area contributed by atoms with Crippen LogP contribution in [-0.2, 0) is 9.53 Å². The second-order valence-corrected chi connectivity index (χ2v) is 9.15. The van der Waals surface area contributed by atoms with Crippen molar-refractivity contribution in [3.8, 4) is 5.75 Å². The van der Waals surface area contributed by atoms with Crippen LogP contribution in [0, 0.1) is 5.41 Å². The van der Waals surface area contributed by atoms with E-state index in [1.807, 2.05) is 40.7 Å². The molecule has 0 fully saturated rings. The second-order valence-electron chi connectivity index (χ2n) is 9.15. The monoisotopic (exact) mass is 436 g/mol. The van der Waals surface area contributed by atoms with Gasteiger partial charge in [-0.15, -0.1) is 0 Å². The number of ketones is 2. The maximum Gasteiger partial charge on any atom is 0.203 e. The van der Waals surface area contributed by atoms with Gasteiger partial charge in [0, 0.05) is 11.8 Å². The number of carbonyl (C=O) groups is 2. The zero-order valence-corrected chi connectivity index (χ0v) is 20.3. The molecule has 2 rings (SSSR count). The van der Waals surface area contributed by atoms with Crippen molar-refractivity contribution in [2.75, 3.05) is 13.7 Å². The van der Waals surface area contributed by atoms with Crippen LogP contribution in [-0.4, -0.2) is 25.3 Å². The maximum atomic E-state index is 14.0. The minimum Gasteiger partial charge on any atom is -0.500 e. The van der Waals surface area contributed by atoms with Gasteiger partial charge in [0.15, 0.2) is 5.78 Å². The van der Waals surface area contributed by atoms with Crippen molar-refractivity contribution in [2.24, 2.45) is 5.41 Å². The molecule has 1 aromatic carbocycles. The van der Waals surface area contributed by atoms with Crippen molar-refractivity contribution in [3.63, 3.8) is 0 Å². The summed E-state index contributed by atoms with van der Waals surface area (Å²) in [6, 6.07) is 7.04. The van der Waals surface area contributed by atoms with E-state index in [0.717, 1.165) is 16.7 Å². The molecule has 0 radical (unpaired) electrons. The van der Waals surface area contributed by atoms with Gasteiger partial charge in [0.25, 0.3) is 0 Å². The Morgan fingerprint density at radius 2 is 1.66 bits per heavy atom. The van der Waals surface area contributed by atoms with E-state index in [9.17, 15) is 9.59 Å². The summed E-state index contributed by atoms with van der Waals surface area (Å²) in [6.07, 6.45) is 6.58. The van der Waals surface area contributed by atoms with Gasteiger partial charge in [0.1, 0.15) is 23.7 Å². The highest BCUT2D eigenvalue weighted by molar-refractivity contribution is 6.29. The Balaban J connectivity index is 2.55. The van der Waals surface area contributed by atoms with Crippen molar-refractivity contribution < 1.29 is 19.1 Å². The molecule has 0 heterocycles. The summed E-state index contributed by atoms with van der Waals surface area (Å²) in [5, 5.41) is 0. The first-order valence-electron chi connectivity index (χ1n) is 11.1. The number of hydrogen-bond acceptors (Lipinski definition) is 4. The lowest BCUT2D eigenvalue weighted by Crippen LogP contribution is -2.38. The molecule has 1 aliphatic rings. The Labute approximate surface area is 192 Å². The van der Waals surface area contributed by atoms with E-state index in [1.54, 1.807) is 18.2 Å². The Morgan fingerprint density at radius 3 is 2.19 bits per heavy atom. The molecule has 0 aromatic heterocycles. The molecule has 0 unspecified atom stereocenters. The predicted octanol–water partition coefficient (Wildman–Crippen LogP) is 6.79. The number of Topliss-reactive ketones (excluding diaryl/α,β-unsaturated/α-hetero) is 2. The molecule has 0 aliphatic heterocycles. The van der Waals surface area contributed by atoms with Crippen molar-refractivity contribution in [3.05, 3.63) is 76.6 Å². The minimum absolute atomic E-state index is 0.143. The van der Waals surface area contributed by atoms with E-state index in [2.05, 4.69) is 18.7 Å². The first-order chi connectivity index (χ1) is 15.1. The third kappa shape index (κ3) is 6.09. The van der Waals surface area contributed by atoms with Crippen LogP contribution >= 0.6 is 0 Å². The standard InChI is InChI=1S/C28H36O4/c1-19(2)12-15-28(16-13-20(3)4)17-14-24(31-7)25(27(28)30)26(29)22-10-8-9-11-23(22)32-18-21(5)6/h8-13H,5,14-18H2,1-4,6-7H3. The lowest BCUT2D eigenvalue weighted by Gasteiger charge is -2.36. The minimum atomic E-state index is -0.658. The molecule has 172 valence electrons. The normalized spacial score (nSPS) is 15.1. The fraction of sp³-hybridized carbons (Fsp3) is 0.429. The van der Waals surface area contributed by atoms with Crippen LogP contribution in [0.3, 0.4) is 0 Å². The number of methoxy groups -OCH3 is 1. The average molecular weight is 437 g/mol. The predicted molar refractivity (Wildman–Crippen MR) is 130 cm³/mol. The highest BCUT2D eigenvalue weighted by Crippen LogP contribution is 2.44. The van der Waals surface area contributed by atoms with Crippen LogP contribution in [0.25, 0.3) is 0 Å². The number of ether oxygens (including phenoxy) is 2. The van der Waals surface area contributed by atoms with Crippen LogP contribution in [0.15, 0.2) is 71.0 Å². The lowest BCUT2D eigenvalue weighted by molar-refractivity contribution is -0.126. The molecule has 1 aliphatic carbocycles. The van der Waals surface area contributed by atoms with Crippen LogP contribution in [0.1, 0.15) is 70.7 Å². The molecular weight excluding hydrogens is 400 g/mol. The summed E-state index contributed by atoms with van der Waals surface area (Å²) in [4.78, 5) is 27.7. The molecule has 32 heavy (non-hydrogen) atoms. The molecule has 0 amide bonds. The van der Waals surface area contributed by atoms with Gasteiger partial charge < -0.3 is 9.47 Å². The highest BCUT2D eigenvalue weighted by atomic mass is 16.5. The summed E-state index contributed by atoms with van der Waals surface area (Å²) in [5.41, 5.74) is 3.01. The number of hydrogen-bond donors (Lipinski definition) is 0. The van der Waals surface area contributed by atoms with E-state index in [1.165, 1.54) is 7.11 Å². The Kier molecular flexibility index (Phi) is 8.82. The first-order valence-corrected chi connectivity index (χ1v) is 11.1. The number of para-hydroxylation sites is 1. The fourth-order valence-corrected chi connectivity index (χ4v) is 3.80. The summed E-state index contributed by atoms with van der Waals surface area (Å²) in [5.74, 6) is 0.415. The number of carbonyl (C=O) groups excluding carboxylic acids is 2. The number of benzene rings is 1. The molecule has 4 nitrogen and oxygen atoms in total. The van der Waals surface area contributed by atoms with E-state index in [-0.39, 0.29) is 17.1 Å². The summed E-state index contributed by atoms with van der Waals surface area (Å²) in [7, 11) is 1.53. The van der Waals surface area contributed by atoms with Crippen LogP contribution < -0.4 is 4.74 Å². The van der Waals surface area contributed by atoms with Gasteiger partial charge >= 0.3 is 0 Å². The van der Waals surface area contributed by atoms with Gasteiger partial charge in [0.05, 0.1) is 12.7 Å². The van der Waals surface area contributed by atoms with Crippen molar-refractivity contribution in [2.45, 2.75) is 60.3 Å². The van der Waals surface area contributed by atoms with Gasteiger partial charge in [-0.25, -0.2) is 0 Å². The van der Waals surface area contributed by atoms with Crippen molar-refractivity contribution in [1.29, 1.82) is 0 Å². The lowest BCUT2D eigenvalue weighted by atomic mass is 9.66. The first kappa shape index (κ1) is 25.4. The topological polar surface area (TPSA) is 52.6 Å². The Bertz CT molecular complexity index is 947. The zero-order valence-electron chi connectivity index (χ0n) is 20.3. The SMILES string of the molecule is C=C(C)COc1ccccc1C(=O)C1=C(OC)CCC(CC=C(C)C)(CC=C(C)C)C1=O. The van der Waals surface area contributed by atoms with E-state index in [4.69, 9.17) is 9.47 Å². The smallest absolute Gasteiger partial charge is 0.203 e. The summed E-state index contributed by atoms with van der Waals surface area (Å²) in [6.45, 7) is 14.1. The Hall–Kier alpha value is -2.88. The maximum absolute atomic E-state index is 14.0. The summed E-state index contributed by atoms with van der Waals surface area (Å²) >= 11 is 0. The van der Waals surface area contributed by atoms with Crippen LogP contribution in [0.2, 0.25) is 0 Å². The van der Waals surface area contributed by atoms with Crippen LogP contribution in [0.5, 0.6) is 5.75 Å². The van der Waals surface area contributed by atoms with Crippen molar-refractivity contribution in [1.82, 2.24) is 0 Å². The molecule has 0 saturated carbocycles. The highest BCUT2D eigenvalue weighted by Gasteiger charge is 2.45. The molecule has 4 heteroatoms. The molecule has 1 aromatic rings. The summed E-state index contributed by atoms with van der Waals surface area (Å²) < 4.78 is 11.4. The quantitative estimate of drug-likeness (QED) is 0.230. The zero-order chi connectivity index (χ0) is 23.9. The van der Waals surface area contributed by atoms with Gasteiger partial charge in [-0.3, -0.25) is 9.59 Å². The fourth-order valence-electron chi connectivity index (χ4n) is 3.80. The molecule has 0 N–H and O–H groups in total. The van der Waals surface area contributed by atoms with Gasteiger partial charge in [-0.2, -0.15) is 0 Å². The number of allylic oxidation sites excluding steroid dienone is 6. The molecule has 0 atom stereocenters. The average Bonchev–Trinajstić information content (AvgIpc) is 2.75. The third-order valence-corrected chi connectivity index (χ3v) is 5.70. The molecule has 0 saturated heterocycles. The van der Waals surface area contributed by atoms with Crippen LogP contribution in [0.4, 0.5) is 0 Å². The van der Waals surface area contributed by atoms with E-state index < -0.39 is 5.41 Å². The Morgan fingerprint density at radius 1 is 1.06 bits per heavy atom. The van der Waals surface area contributed by atoms with Gasteiger partial charge in [0.2, 0.25) is 5.78 Å². The van der Waals surface area contributed by atoms with E-state index in [0.29, 0.717) is 49.4 Å². The largest absolute Gasteiger partial charge is 0.500 e. The third-order valence-electron chi connectivity index (χ3n) is 5.70. The molecule has 0 bridgehead atoms. The van der Waals surface area contributed by atoms with Gasteiger partial charge in [-0.1, -0.05) is 42.0 Å². The number of rotatable bonds is 10. The van der Waals surface area contributed by atoms with Crippen molar-refractivity contribution >= 4 is 11.6 Å². The molecular formula is C28H36O4.